The van der Waals surface area contributed by atoms with E-state index < -0.39 is 0 Å². The van der Waals surface area contributed by atoms with Crippen molar-refractivity contribution in [2.45, 2.75) is 20.0 Å². The Labute approximate surface area is 116 Å². The van der Waals surface area contributed by atoms with Gasteiger partial charge in [0.2, 0.25) is 5.89 Å². The molecule has 0 aliphatic carbocycles. The molecule has 0 saturated heterocycles. The third-order valence-electron chi connectivity index (χ3n) is 2.83. The van der Waals surface area contributed by atoms with Gasteiger partial charge in [-0.05, 0) is 19.1 Å². The molecule has 3 aromatic rings. The van der Waals surface area contributed by atoms with Crippen molar-refractivity contribution in [3.8, 4) is 5.69 Å². The third-order valence-corrected chi connectivity index (χ3v) is 2.83. The number of benzene rings is 1. The van der Waals surface area contributed by atoms with Gasteiger partial charge in [-0.1, -0.05) is 23.4 Å². The zero-order valence-electron chi connectivity index (χ0n) is 11.2. The number of para-hydroxylation sites is 1. The predicted octanol–water partition coefficient (Wildman–Crippen LogP) is 1.85. The van der Waals surface area contributed by atoms with Gasteiger partial charge in [0.05, 0.1) is 18.4 Å². The van der Waals surface area contributed by atoms with E-state index in [2.05, 4.69) is 20.6 Å². The average molecular weight is 269 g/mol. The maximum Gasteiger partial charge on any atom is 0.240 e. The molecule has 6 nitrogen and oxygen atoms in total. The van der Waals surface area contributed by atoms with Crippen LogP contribution in [0.4, 0.5) is 0 Å². The fourth-order valence-electron chi connectivity index (χ4n) is 1.90. The van der Waals surface area contributed by atoms with Crippen molar-refractivity contribution in [3.05, 3.63) is 60.0 Å². The Morgan fingerprint density at radius 3 is 2.80 bits per heavy atom. The molecule has 0 aliphatic heterocycles. The molecule has 1 aromatic carbocycles. The van der Waals surface area contributed by atoms with E-state index in [1.807, 2.05) is 47.4 Å². The van der Waals surface area contributed by atoms with Crippen LogP contribution in [-0.4, -0.2) is 19.9 Å². The maximum atomic E-state index is 5.03. The van der Waals surface area contributed by atoms with Crippen LogP contribution in [0.25, 0.3) is 5.69 Å². The molecule has 0 fully saturated rings. The summed E-state index contributed by atoms with van der Waals surface area (Å²) in [6.45, 7) is 3.06. The predicted molar refractivity (Wildman–Crippen MR) is 73.1 cm³/mol. The molecule has 0 saturated carbocycles. The number of rotatable bonds is 5. The van der Waals surface area contributed by atoms with E-state index in [4.69, 9.17) is 4.52 Å². The number of aryl methyl sites for hydroxylation is 1. The largest absolute Gasteiger partial charge is 0.338 e. The minimum absolute atomic E-state index is 0.553. The zero-order chi connectivity index (χ0) is 13.8. The summed E-state index contributed by atoms with van der Waals surface area (Å²) in [5.74, 6) is 1.25. The van der Waals surface area contributed by atoms with Crippen LogP contribution in [0.15, 0.2) is 47.2 Å². The summed E-state index contributed by atoms with van der Waals surface area (Å²) in [6.07, 6.45) is 3.85. The smallest absolute Gasteiger partial charge is 0.240 e. The van der Waals surface area contributed by atoms with Crippen molar-refractivity contribution in [2.75, 3.05) is 0 Å². The fraction of sp³-hybridized carbons (Fsp3) is 0.214. The molecule has 0 amide bonds. The molecular weight excluding hydrogens is 254 g/mol. The lowest BCUT2D eigenvalue weighted by Gasteiger charge is -2.00. The van der Waals surface area contributed by atoms with Gasteiger partial charge in [-0.15, -0.1) is 0 Å². The molecule has 0 bridgehead atoms. The summed E-state index contributed by atoms with van der Waals surface area (Å²) in [6, 6.07) is 10.0. The van der Waals surface area contributed by atoms with E-state index in [0.717, 1.165) is 11.3 Å². The molecular formula is C14H15N5O. The van der Waals surface area contributed by atoms with E-state index in [0.29, 0.717) is 24.8 Å². The molecule has 6 heteroatoms. The molecule has 2 aromatic heterocycles. The van der Waals surface area contributed by atoms with Gasteiger partial charge in [0.25, 0.3) is 0 Å². The molecule has 1 N–H and O–H groups in total. The molecule has 0 atom stereocenters. The minimum Gasteiger partial charge on any atom is -0.338 e. The van der Waals surface area contributed by atoms with Gasteiger partial charge in [-0.2, -0.15) is 10.1 Å². The van der Waals surface area contributed by atoms with Crippen molar-refractivity contribution in [2.24, 2.45) is 0 Å². The fourth-order valence-corrected chi connectivity index (χ4v) is 1.90. The van der Waals surface area contributed by atoms with Crippen molar-refractivity contribution >= 4 is 0 Å². The van der Waals surface area contributed by atoms with Crippen LogP contribution in [0.1, 0.15) is 17.3 Å². The minimum atomic E-state index is 0.553. The van der Waals surface area contributed by atoms with E-state index in [1.165, 1.54) is 0 Å². The number of hydrogen-bond acceptors (Lipinski definition) is 5. The first-order valence-electron chi connectivity index (χ1n) is 6.40. The Hall–Kier alpha value is -2.47. The second kappa shape index (κ2) is 5.66. The third kappa shape index (κ3) is 2.92. The highest BCUT2D eigenvalue weighted by Crippen LogP contribution is 2.07. The Kier molecular flexibility index (Phi) is 3.56. The van der Waals surface area contributed by atoms with Gasteiger partial charge >= 0.3 is 0 Å². The van der Waals surface area contributed by atoms with Crippen LogP contribution in [0, 0.1) is 6.92 Å². The van der Waals surface area contributed by atoms with Crippen LogP contribution >= 0.6 is 0 Å². The summed E-state index contributed by atoms with van der Waals surface area (Å²) < 4.78 is 6.89. The molecule has 102 valence electrons. The monoisotopic (exact) mass is 269 g/mol. The summed E-state index contributed by atoms with van der Waals surface area (Å²) in [5.41, 5.74) is 2.15. The average Bonchev–Trinajstić information content (AvgIpc) is 3.09. The summed E-state index contributed by atoms with van der Waals surface area (Å²) in [4.78, 5) is 4.13. The first kappa shape index (κ1) is 12.6. The number of nitrogens with one attached hydrogen (secondary N) is 1. The molecule has 0 aliphatic rings. The van der Waals surface area contributed by atoms with Crippen molar-refractivity contribution in [3.63, 3.8) is 0 Å². The molecule has 0 unspecified atom stereocenters. The van der Waals surface area contributed by atoms with E-state index >= 15 is 0 Å². The Morgan fingerprint density at radius 1 is 1.20 bits per heavy atom. The highest BCUT2D eigenvalue weighted by atomic mass is 16.5. The number of aromatic nitrogens is 4. The first-order valence-corrected chi connectivity index (χ1v) is 6.40. The lowest BCUT2D eigenvalue weighted by Crippen LogP contribution is -2.12. The lowest BCUT2D eigenvalue weighted by atomic mass is 10.3. The van der Waals surface area contributed by atoms with Crippen LogP contribution in [0.2, 0.25) is 0 Å². The summed E-state index contributed by atoms with van der Waals surface area (Å²) in [5, 5.41) is 11.3. The van der Waals surface area contributed by atoms with Gasteiger partial charge in [0.15, 0.2) is 5.82 Å². The van der Waals surface area contributed by atoms with Gasteiger partial charge in [-0.3, -0.25) is 0 Å². The number of nitrogens with zero attached hydrogens (tertiary/aromatic N) is 4. The van der Waals surface area contributed by atoms with Gasteiger partial charge in [0.1, 0.15) is 0 Å². The zero-order valence-corrected chi connectivity index (χ0v) is 11.2. The van der Waals surface area contributed by atoms with E-state index in [1.54, 1.807) is 6.92 Å². The lowest BCUT2D eigenvalue weighted by molar-refractivity contribution is 0.364. The highest BCUT2D eigenvalue weighted by molar-refractivity contribution is 5.30. The second-order valence-corrected chi connectivity index (χ2v) is 4.47. The number of hydrogen-bond donors (Lipinski definition) is 1. The van der Waals surface area contributed by atoms with Crippen LogP contribution in [0.5, 0.6) is 0 Å². The first-order chi connectivity index (χ1) is 9.81. The molecule has 2 heterocycles. The Balaban J connectivity index is 1.58. The van der Waals surface area contributed by atoms with Crippen LogP contribution in [0.3, 0.4) is 0 Å². The van der Waals surface area contributed by atoms with E-state index in [-0.39, 0.29) is 0 Å². The molecule has 0 radical (unpaired) electrons. The molecule has 20 heavy (non-hydrogen) atoms. The van der Waals surface area contributed by atoms with Crippen LogP contribution < -0.4 is 5.32 Å². The molecule has 0 spiro atoms. The van der Waals surface area contributed by atoms with E-state index in [9.17, 15) is 0 Å². The van der Waals surface area contributed by atoms with Crippen molar-refractivity contribution < 1.29 is 4.52 Å². The maximum absolute atomic E-state index is 5.03. The van der Waals surface area contributed by atoms with Crippen molar-refractivity contribution in [1.29, 1.82) is 0 Å². The summed E-state index contributed by atoms with van der Waals surface area (Å²) >= 11 is 0. The second-order valence-electron chi connectivity index (χ2n) is 4.47. The summed E-state index contributed by atoms with van der Waals surface area (Å²) in [7, 11) is 0. The Morgan fingerprint density at radius 2 is 2.05 bits per heavy atom. The highest BCUT2D eigenvalue weighted by Gasteiger charge is 2.03. The van der Waals surface area contributed by atoms with Crippen molar-refractivity contribution in [1.82, 2.24) is 25.2 Å². The molecule has 3 rings (SSSR count). The quantitative estimate of drug-likeness (QED) is 0.765. The SMILES string of the molecule is Cc1noc(CNCc2cnn(-c3ccccc3)c2)n1. The Bertz CT molecular complexity index is 674. The topological polar surface area (TPSA) is 68.8 Å². The normalized spacial score (nSPS) is 10.8. The van der Waals surface area contributed by atoms with Gasteiger partial charge < -0.3 is 9.84 Å². The van der Waals surface area contributed by atoms with Crippen LogP contribution in [-0.2, 0) is 13.1 Å². The standard InChI is InChI=1S/C14H15N5O/c1-11-17-14(20-18-11)9-15-7-12-8-16-19(10-12)13-5-3-2-4-6-13/h2-6,8,10,15H,7,9H2,1H3. The van der Waals surface area contributed by atoms with Gasteiger partial charge in [0, 0.05) is 18.3 Å². The van der Waals surface area contributed by atoms with Gasteiger partial charge in [-0.25, -0.2) is 4.68 Å².